The van der Waals surface area contributed by atoms with E-state index in [0.717, 1.165) is 43.3 Å². The van der Waals surface area contributed by atoms with Crippen LogP contribution in [0.25, 0.3) is 11.1 Å². The van der Waals surface area contributed by atoms with Gasteiger partial charge in [0.05, 0.1) is 11.3 Å². The van der Waals surface area contributed by atoms with Crippen LogP contribution in [0.3, 0.4) is 0 Å². The average molecular weight is 613 g/mol. The number of benzene rings is 3. The maximum atomic E-state index is 15.3. The van der Waals surface area contributed by atoms with Crippen LogP contribution in [-0.4, -0.2) is 24.2 Å². The summed E-state index contributed by atoms with van der Waals surface area (Å²) in [6, 6.07) is 6.38. The summed E-state index contributed by atoms with van der Waals surface area (Å²) in [5, 5.41) is 2.16. The summed E-state index contributed by atoms with van der Waals surface area (Å²) in [7, 11) is 0. The van der Waals surface area contributed by atoms with Gasteiger partial charge in [-0.2, -0.15) is 26.3 Å². The van der Waals surface area contributed by atoms with E-state index in [1.165, 1.54) is 0 Å². The SMILES string of the molecule is Cc1cc(C(F)(C(F)(F)F)C(F)(F)F)cc(Br)c1-c1ccc(C(N)=O)c(F)c1NC(=O)c1ccc(F)cc1. The Kier molecular flexibility index (Phi) is 7.61. The third-order valence-corrected chi connectivity index (χ3v) is 6.11. The van der Waals surface area contributed by atoms with Gasteiger partial charge in [0.1, 0.15) is 5.82 Å². The zero-order valence-corrected chi connectivity index (χ0v) is 20.4. The molecule has 0 saturated heterocycles. The monoisotopic (exact) mass is 612 g/mol. The minimum absolute atomic E-state index is 0.162. The zero-order chi connectivity index (χ0) is 28.8. The number of alkyl halides is 7. The maximum Gasteiger partial charge on any atom is 0.435 e. The standard InChI is InChI=1S/C24H14BrF9N2O2/c1-10-8-12(22(28,23(29,30)31)24(32,33)34)9-16(25)17(10)14-6-7-15(20(35)37)18(27)19(14)36-21(38)11-2-4-13(26)5-3-11/h2-9H,1H3,(H2,35,37)(H,36,38). The molecule has 3 rings (SSSR count). The highest BCUT2D eigenvalue weighted by Gasteiger charge is 2.73. The Bertz CT molecular complexity index is 1380. The molecule has 0 bridgehead atoms. The molecule has 0 radical (unpaired) electrons. The van der Waals surface area contributed by atoms with Crippen LogP contribution in [0.4, 0.5) is 45.2 Å². The van der Waals surface area contributed by atoms with Gasteiger partial charge in [-0.05, 0) is 48.9 Å². The van der Waals surface area contributed by atoms with Gasteiger partial charge in [-0.1, -0.05) is 28.1 Å². The van der Waals surface area contributed by atoms with Crippen LogP contribution in [-0.2, 0) is 5.67 Å². The summed E-state index contributed by atoms with van der Waals surface area (Å²) in [6.45, 7) is 1.03. The van der Waals surface area contributed by atoms with Crippen LogP contribution in [0.1, 0.15) is 31.8 Å². The molecular formula is C24H14BrF9N2O2. The van der Waals surface area contributed by atoms with Crippen LogP contribution < -0.4 is 11.1 Å². The minimum Gasteiger partial charge on any atom is -0.366 e. The van der Waals surface area contributed by atoms with E-state index >= 15 is 4.39 Å². The number of primary amides is 1. The largest absolute Gasteiger partial charge is 0.435 e. The molecular weight excluding hydrogens is 599 g/mol. The lowest BCUT2D eigenvalue weighted by molar-refractivity contribution is -0.348. The Balaban J connectivity index is 2.25. The first-order valence-corrected chi connectivity index (χ1v) is 11.0. The van der Waals surface area contributed by atoms with Crippen molar-refractivity contribution in [3.8, 4) is 11.1 Å². The lowest BCUT2D eigenvalue weighted by Crippen LogP contribution is -2.50. The maximum absolute atomic E-state index is 15.3. The molecule has 0 aliphatic carbocycles. The highest BCUT2D eigenvalue weighted by molar-refractivity contribution is 9.10. The predicted octanol–water partition coefficient (Wildman–Crippen LogP) is 7.34. The summed E-state index contributed by atoms with van der Waals surface area (Å²) in [6.07, 6.45) is -12.7. The van der Waals surface area contributed by atoms with Crippen molar-refractivity contribution in [3.63, 3.8) is 0 Å². The summed E-state index contributed by atoms with van der Waals surface area (Å²) in [5.41, 5.74) is -4.88. The molecule has 38 heavy (non-hydrogen) atoms. The topological polar surface area (TPSA) is 72.2 Å². The van der Waals surface area contributed by atoms with E-state index in [4.69, 9.17) is 5.73 Å². The molecule has 0 aliphatic rings. The van der Waals surface area contributed by atoms with Crippen LogP contribution in [0, 0.1) is 18.6 Å². The summed E-state index contributed by atoms with van der Waals surface area (Å²) in [5.74, 6) is -4.32. The Labute approximate surface area is 216 Å². The lowest BCUT2D eigenvalue weighted by Gasteiger charge is -2.31. The minimum atomic E-state index is -6.37. The molecule has 3 N–H and O–H groups in total. The van der Waals surface area contributed by atoms with Crippen molar-refractivity contribution in [2.24, 2.45) is 5.73 Å². The van der Waals surface area contributed by atoms with Crippen molar-refractivity contribution < 1.29 is 49.1 Å². The Morgan fingerprint density at radius 1 is 0.868 bits per heavy atom. The van der Waals surface area contributed by atoms with Crippen molar-refractivity contribution in [2.45, 2.75) is 24.9 Å². The second-order valence-electron chi connectivity index (χ2n) is 7.98. The van der Waals surface area contributed by atoms with E-state index in [-0.39, 0.29) is 34.4 Å². The second-order valence-corrected chi connectivity index (χ2v) is 8.83. The van der Waals surface area contributed by atoms with E-state index in [2.05, 4.69) is 21.2 Å². The van der Waals surface area contributed by atoms with Gasteiger partial charge in [-0.15, -0.1) is 0 Å². The van der Waals surface area contributed by atoms with Gasteiger partial charge in [0.25, 0.3) is 11.8 Å². The van der Waals surface area contributed by atoms with Crippen LogP contribution >= 0.6 is 15.9 Å². The first-order chi connectivity index (χ1) is 17.4. The quantitative estimate of drug-likeness (QED) is 0.296. The Hall–Kier alpha value is -3.55. The Morgan fingerprint density at radius 2 is 1.42 bits per heavy atom. The van der Waals surface area contributed by atoms with E-state index < -0.39 is 62.8 Å². The normalized spacial score (nSPS) is 12.4. The summed E-state index contributed by atoms with van der Waals surface area (Å²) < 4.78 is 122. The molecule has 3 aromatic rings. The highest BCUT2D eigenvalue weighted by Crippen LogP contribution is 2.54. The van der Waals surface area contributed by atoms with Gasteiger partial charge in [0, 0.05) is 26.7 Å². The van der Waals surface area contributed by atoms with Gasteiger partial charge < -0.3 is 11.1 Å². The predicted molar refractivity (Wildman–Crippen MR) is 122 cm³/mol. The molecule has 0 fully saturated rings. The summed E-state index contributed by atoms with van der Waals surface area (Å²) >= 11 is 2.82. The molecule has 0 heterocycles. The number of hydrogen-bond acceptors (Lipinski definition) is 2. The first kappa shape index (κ1) is 29.0. The van der Waals surface area contributed by atoms with Crippen molar-refractivity contribution in [1.82, 2.24) is 0 Å². The number of aryl methyl sites for hydroxylation is 1. The average Bonchev–Trinajstić information content (AvgIpc) is 2.78. The first-order valence-electron chi connectivity index (χ1n) is 10.2. The van der Waals surface area contributed by atoms with Gasteiger partial charge in [-0.25, -0.2) is 13.2 Å². The number of carbonyl (C=O) groups excluding carboxylic acids is 2. The molecule has 2 amide bonds. The molecule has 0 aliphatic heterocycles. The van der Waals surface area contributed by atoms with Gasteiger partial charge in [0.2, 0.25) is 0 Å². The smallest absolute Gasteiger partial charge is 0.366 e. The van der Waals surface area contributed by atoms with E-state index in [0.29, 0.717) is 0 Å². The molecule has 0 atom stereocenters. The van der Waals surface area contributed by atoms with Crippen molar-refractivity contribution in [1.29, 1.82) is 0 Å². The number of amides is 2. The number of hydrogen-bond donors (Lipinski definition) is 2. The lowest BCUT2D eigenvalue weighted by atomic mass is 9.89. The molecule has 0 unspecified atom stereocenters. The number of halogens is 10. The van der Waals surface area contributed by atoms with Crippen LogP contribution in [0.15, 0.2) is 53.0 Å². The fourth-order valence-electron chi connectivity index (χ4n) is 3.66. The van der Waals surface area contributed by atoms with Gasteiger partial charge in [-0.3, -0.25) is 9.59 Å². The fourth-order valence-corrected chi connectivity index (χ4v) is 4.43. The number of nitrogens with two attached hydrogens (primary N) is 1. The van der Waals surface area contributed by atoms with E-state index in [9.17, 15) is 44.7 Å². The molecule has 0 spiro atoms. The molecule has 0 saturated carbocycles. The van der Waals surface area contributed by atoms with Crippen LogP contribution in [0.5, 0.6) is 0 Å². The number of carbonyl (C=O) groups is 2. The van der Waals surface area contributed by atoms with Gasteiger partial charge in [0.15, 0.2) is 5.82 Å². The number of nitrogens with one attached hydrogen (secondary N) is 1. The van der Waals surface area contributed by atoms with Crippen molar-refractivity contribution in [2.75, 3.05) is 5.32 Å². The zero-order valence-electron chi connectivity index (χ0n) is 18.8. The van der Waals surface area contributed by atoms with Crippen molar-refractivity contribution >= 4 is 33.4 Å². The molecule has 14 heteroatoms. The molecule has 3 aromatic carbocycles. The third kappa shape index (κ3) is 5.08. The van der Waals surface area contributed by atoms with Crippen molar-refractivity contribution in [3.05, 3.63) is 86.9 Å². The number of anilines is 1. The highest BCUT2D eigenvalue weighted by atomic mass is 79.9. The molecule has 0 aromatic heterocycles. The van der Waals surface area contributed by atoms with E-state index in [1.807, 2.05) is 0 Å². The number of rotatable bonds is 5. The Morgan fingerprint density at radius 3 is 1.89 bits per heavy atom. The van der Waals surface area contributed by atoms with E-state index in [1.54, 1.807) is 0 Å². The summed E-state index contributed by atoms with van der Waals surface area (Å²) in [4.78, 5) is 24.3. The molecule has 4 nitrogen and oxygen atoms in total. The molecule has 202 valence electrons. The van der Waals surface area contributed by atoms with Gasteiger partial charge >= 0.3 is 18.0 Å². The second kappa shape index (κ2) is 9.97. The van der Waals surface area contributed by atoms with Crippen LogP contribution in [0.2, 0.25) is 0 Å². The third-order valence-electron chi connectivity index (χ3n) is 5.49. The fraction of sp³-hybridized carbons (Fsp3) is 0.167.